The summed E-state index contributed by atoms with van der Waals surface area (Å²) in [4.78, 5) is 12.5. The molecule has 0 heterocycles. The first-order valence-corrected chi connectivity index (χ1v) is 9.25. The molecular formula is C15H22N2O3S. The molecule has 3 fully saturated rings. The summed E-state index contributed by atoms with van der Waals surface area (Å²) in [5.41, 5.74) is -0.988. The Morgan fingerprint density at radius 2 is 2.00 bits per heavy atom. The molecule has 5 nitrogen and oxygen atoms in total. The number of nitriles is 1. The lowest BCUT2D eigenvalue weighted by atomic mass is 9.70. The number of carbonyl (C=O) groups is 1. The summed E-state index contributed by atoms with van der Waals surface area (Å²) in [7, 11) is -3.56. The molecule has 116 valence electrons. The van der Waals surface area contributed by atoms with Crippen LogP contribution in [0.2, 0.25) is 0 Å². The average molecular weight is 310 g/mol. The minimum Gasteiger partial charge on any atom is -0.299 e. The van der Waals surface area contributed by atoms with E-state index in [1.807, 2.05) is 19.9 Å². The summed E-state index contributed by atoms with van der Waals surface area (Å²) in [5.74, 6) is 0.311. The van der Waals surface area contributed by atoms with E-state index in [1.54, 1.807) is 0 Å². The second-order valence-corrected chi connectivity index (χ2v) is 9.28. The van der Waals surface area contributed by atoms with Gasteiger partial charge in [0.2, 0.25) is 10.0 Å². The van der Waals surface area contributed by atoms with Crippen molar-refractivity contribution in [3.63, 3.8) is 0 Å². The van der Waals surface area contributed by atoms with Crippen molar-refractivity contribution in [3.05, 3.63) is 0 Å². The Morgan fingerprint density at radius 3 is 2.43 bits per heavy atom. The quantitative estimate of drug-likeness (QED) is 0.724. The molecule has 0 N–H and O–H groups in total. The molecule has 3 saturated carbocycles. The summed E-state index contributed by atoms with van der Waals surface area (Å²) in [6.07, 6.45) is 3.79. The van der Waals surface area contributed by atoms with Crippen LogP contribution in [0.3, 0.4) is 0 Å². The highest BCUT2D eigenvalue weighted by Gasteiger charge is 2.65. The van der Waals surface area contributed by atoms with Gasteiger partial charge in [-0.3, -0.25) is 4.79 Å². The van der Waals surface area contributed by atoms with Crippen LogP contribution in [0.25, 0.3) is 0 Å². The van der Waals surface area contributed by atoms with Crippen LogP contribution in [0.4, 0.5) is 0 Å². The van der Waals surface area contributed by atoms with Crippen molar-refractivity contribution in [2.45, 2.75) is 52.0 Å². The molecule has 0 amide bonds. The van der Waals surface area contributed by atoms with Crippen LogP contribution in [-0.2, 0) is 14.8 Å². The molecule has 3 rings (SSSR count). The Balaban J connectivity index is 1.91. The second-order valence-electron chi connectivity index (χ2n) is 7.36. The van der Waals surface area contributed by atoms with E-state index in [0.717, 1.165) is 19.3 Å². The minimum absolute atomic E-state index is 0.0251. The maximum atomic E-state index is 12.8. The molecule has 3 aliphatic rings. The smallest absolute Gasteiger partial charge is 0.216 e. The Labute approximate surface area is 126 Å². The normalized spacial score (nSPS) is 34.4. The predicted octanol–water partition coefficient (Wildman–Crippen LogP) is 1.70. The highest BCUT2D eigenvalue weighted by Crippen LogP contribution is 2.64. The van der Waals surface area contributed by atoms with Gasteiger partial charge in [0.25, 0.3) is 0 Å². The fourth-order valence-corrected chi connectivity index (χ4v) is 6.77. The Hall–Kier alpha value is -0.930. The molecule has 0 aliphatic heterocycles. The van der Waals surface area contributed by atoms with Crippen LogP contribution in [0.5, 0.6) is 0 Å². The van der Waals surface area contributed by atoms with Crippen LogP contribution >= 0.6 is 0 Å². The number of nitrogens with zero attached hydrogens (tertiary/aromatic N) is 2. The van der Waals surface area contributed by atoms with Crippen LogP contribution in [0, 0.1) is 28.1 Å². The minimum atomic E-state index is -3.56. The fraction of sp³-hybridized carbons (Fsp3) is 0.867. The standard InChI is InChI=1S/C15H22N2O3S/c1-14(2)11-5-6-15(14,13(18)9-11)10-21(19,20)17(8-7-16)12-3-4-12/h11-12H,3-6,8-10H2,1-2H3/t11-,15+/m0/s1. The second kappa shape index (κ2) is 4.53. The third-order valence-corrected chi connectivity index (χ3v) is 8.11. The first-order chi connectivity index (χ1) is 9.74. The van der Waals surface area contributed by atoms with E-state index in [-0.39, 0.29) is 29.5 Å². The van der Waals surface area contributed by atoms with Crippen molar-refractivity contribution in [1.82, 2.24) is 4.31 Å². The average Bonchev–Trinajstić information content (AvgIpc) is 3.16. The predicted molar refractivity (Wildman–Crippen MR) is 77.7 cm³/mol. The van der Waals surface area contributed by atoms with E-state index in [1.165, 1.54) is 4.31 Å². The van der Waals surface area contributed by atoms with Crippen molar-refractivity contribution >= 4 is 15.8 Å². The molecule has 0 aromatic rings. The van der Waals surface area contributed by atoms with Crippen LogP contribution in [0.1, 0.15) is 46.0 Å². The summed E-state index contributed by atoms with van der Waals surface area (Å²) in [6.45, 7) is 3.98. The number of sulfonamides is 1. The summed E-state index contributed by atoms with van der Waals surface area (Å²) in [5, 5.41) is 8.90. The monoisotopic (exact) mass is 310 g/mol. The van der Waals surface area contributed by atoms with Gasteiger partial charge in [0.15, 0.2) is 0 Å². The van der Waals surface area contributed by atoms with Crippen molar-refractivity contribution in [3.8, 4) is 6.07 Å². The van der Waals surface area contributed by atoms with Gasteiger partial charge >= 0.3 is 0 Å². The highest BCUT2D eigenvalue weighted by molar-refractivity contribution is 7.89. The summed E-state index contributed by atoms with van der Waals surface area (Å²) >= 11 is 0. The molecule has 21 heavy (non-hydrogen) atoms. The van der Waals surface area contributed by atoms with Gasteiger partial charge in [-0.05, 0) is 37.0 Å². The van der Waals surface area contributed by atoms with E-state index < -0.39 is 15.4 Å². The Morgan fingerprint density at radius 1 is 1.33 bits per heavy atom. The van der Waals surface area contributed by atoms with Crippen LogP contribution < -0.4 is 0 Å². The Bertz CT molecular complexity index is 615. The molecule has 6 heteroatoms. The zero-order chi connectivity index (χ0) is 15.5. The van der Waals surface area contributed by atoms with Crippen molar-refractivity contribution in [2.75, 3.05) is 12.3 Å². The number of hydrogen-bond acceptors (Lipinski definition) is 4. The zero-order valence-electron chi connectivity index (χ0n) is 12.6. The molecule has 2 bridgehead atoms. The van der Waals surface area contributed by atoms with Crippen molar-refractivity contribution < 1.29 is 13.2 Å². The lowest BCUT2D eigenvalue weighted by molar-refractivity contribution is -0.128. The zero-order valence-corrected chi connectivity index (χ0v) is 13.4. The van der Waals surface area contributed by atoms with E-state index in [2.05, 4.69) is 0 Å². The van der Waals surface area contributed by atoms with Gasteiger partial charge in [-0.1, -0.05) is 13.8 Å². The first-order valence-electron chi connectivity index (χ1n) is 7.64. The van der Waals surface area contributed by atoms with Gasteiger partial charge in [-0.25, -0.2) is 8.42 Å². The largest absolute Gasteiger partial charge is 0.299 e. The van der Waals surface area contributed by atoms with E-state index in [9.17, 15) is 13.2 Å². The van der Waals surface area contributed by atoms with Crippen LogP contribution in [0.15, 0.2) is 0 Å². The lowest BCUT2D eigenvalue weighted by Gasteiger charge is -2.37. The maximum Gasteiger partial charge on any atom is 0.216 e. The molecule has 0 aromatic heterocycles. The van der Waals surface area contributed by atoms with Crippen molar-refractivity contribution in [1.29, 1.82) is 5.26 Å². The lowest BCUT2D eigenvalue weighted by Crippen LogP contribution is -2.47. The topological polar surface area (TPSA) is 78.2 Å². The molecule has 3 aliphatic carbocycles. The van der Waals surface area contributed by atoms with Gasteiger partial charge in [0.1, 0.15) is 12.3 Å². The number of fused-ring (bicyclic) bond motifs is 2. The number of ketones is 1. The first kappa shape index (κ1) is 15.0. The summed E-state index contributed by atoms with van der Waals surface area (Å²) in [6, 6.07) is 1.93. The van der Waals surface area contributed by atoms with E-state index in [0.29, 0.717) is 18.8 Å². The summed E-state index contributed by atoms with van der Waals surface area (Å²) < 4.78 is 26.9. The molecule has 0 saturated heterocycles. The Kier molecular flexibility index (Phi) is 3.23. The van der Waals surface area contributed by atoms with Gasteiger partial charge in [0.05, 0.1) is 11.8 Å². The van der Waals surface area contributed by atoms with Gasteiger partial charge in [-0.2, -0.15) is 9.57 Å². The van der Waals surface area contributed by atoms with E-state index >= 15 is 0 Å². The maximum absolute atomic E-state index is 12.8. The number of hydrogen-bond donors (Lipinski definition) is 0. The highest BCUT2D eigenvalue weighted by atomic mass is 32.2. The van der Waals surface area contributed by atoms with E-state index in [4.69, 9.17) is 5.26 Å². The molecule has 2 atom stereocenters. The fourth-order valence-electron chi connectivity index (χ4n) is 4.39. The SMILES string of the molecule is CC1(C)[C@H]2CC[C@@]1(CS(=O)(=O)N(CC#N)C1CC1)C(=O)C2. The molecular weight excluding hydrogens is 288 g/mol. The number of rotatable bonds is 5. The number of Topliss-reactive ketones (excluding diaryl/α,β-unsaturated/α-hetero) is 1. The molecule has 0 radical (unpaired) electrons. The third-order valence-electron chi connectivity index (χ3n) is 6.11. The van der Waals surface area contributed by atoms with Crippen molar-refractivity contribution in [2.24, 2.45) is 16.7 Å². The molecule has 0 spiro atoms. The van der Waals surface area contributed by atoms with Gasteiger partial charge in [0, 0.05) is 17.9 Å². The molecule has 0 unspecified atom stereocenters. The van der Waals surface area contributed by atoms with Gasteiger partial charge < -0.3 is 0 Å². The molecule has 0 aromatic carbocycles. The third kappa shape index (κ3) is 2.05. The van der Waals surface area contributed by atoms with Crippen LogP contribution in [-0.4, -0.2) is 36.8 Å². The number of carbonyl (C=O) groups excluding carboxylic acids is 1. The van der Waals surface area contributed by atoms with Gasteiger partial charge in [-0.15, -0.1) is 0 Å².